The van der Waals surface area contributed by atoms with Gasteiger partial charge >= 0.3 is 6.09 Å². The molecule has 122 valence electrons. The molecule has 2 fully saturated rings. The molecule has 1 N–H and O–H groups in total. The van der Waals surface area contributed by atoms with Crippen LogP contribution in [0.3, 0.4) is 0 Å². The summed E-state index contributed by atoms with van der Waals surface area (Å²) in [6.07, 6.45) is 4.57. The number of hydrogen-bond acceptors (Lipinski definition) is 4. The van der Waals surface area contributed by atoms with E-state index in [9.17, 15) is 4.79 Å². The third kappa shape index (κ3) is 5.06. The van der Waals surface area contributed by atoms with Gasteiger partial charge < -0.3 is 15.0 Å². The van der Waals surface area contributed by atoms with E-state index in [0.29, 0.717) is 17.3 Å². The van der Waals surface area contributed by atoms with Crippen LogP contribution in [-0.2, 0) is 4.74 Å². The highest BCUT2D eigenvalue weighted by molar-refractivity contribution is 7.99. The van der Waals surface area contributed by atoms with Gasteiger partial charge in [0.05, 0.1) is 0 Å². The molecule has 0 aromatic rings. The van der Waals surface area contributed by atoms with Crippen molar-refractivity contribution in [1.29, 1.82) is 0 Å². The summed E-state index contributed by atoms with van der Waals surface area (Å²) in [6.45, 7) is 9.81. The third-order valence-electron chi connectivity index (χ3n) is 4.23. The fourth-order valence-corrected chi connectivity index (χ4v) is 4.26. The molecule has 0 spiro atoms. The summed E-state index contributed by atoms with van der Waals surface area (Å²) in [6, 6.07) is 0.879. The zero-order valence-electron chi connectivity index (χ0n) is 13.9. The Labute approximate surface area is 133 Å². The van der Waals surface area contributed by atoms with Crippen LogP contribution in [-0.4, -0.2) is 52.8 Å². The van der Waals surface area contributed by atoms with Crippen LogP contribution in [0.1, 0.15) is 53.4 Å². The monoisotopic (exact) mass is 314 g/mol. The van der Waals surface area contributed by atoms with Crippen molar-refractivity contribution in [1.82, 2.24) is 10.2 Å². The van der Waals surface area contributed by atoms with Crippen molar-refractivity contribution in [3.8, 4) is 0 Å². The number of ether oxygens (including phenoxy) is 1. The minimum atomic E-state index is -0.411. The molecule has 1 amide bonds. The molecule has 0 saturated carbocycles. The molecular weight excluding hydrogens is 284 g/mol. The van der Waals surface area contributed by atoms with Crippen LogP contribution in [0.25, 0.3) is 0 Å². The van der Waals surface area contributed by atoms with Gasteiger partial charge in [-0.25, -0.2) is 4.79 Å². The molecule has 3 unspecified atom stereocenters. The predicted molar refractivity (Wildman–Crippen MR) is 88.9 cm³/mol. The summed E-state index contributed by atoms with van der Waals surface area (Å²) < 4.78 is 5.52. The molecule has 0 aliphatic carbocycles. The Hall–Kier alpha value is -0.420. The van der Waals surface area contributed by atoms with Crippen molar-refractivity contribution in [2.24, 2.45) is 0 Å². The lowest BCUT2D eigenvalue weighted by atomic mass is 10.1. The topological polar surface area (TPSA) is 41.6 Å². The Balaban J connectivity index is 1.82. The second-order valence-electron chi connectivity index (χ2n) is 7.20. The lowest BCUT2D eigenvalue weighted by Gasteiger charge is -2.33. The second kappa shape index (κ2) is 7.23. The number of hydrogen-bond donors (Lipinski definition) is 1. The largest absolute Gasteiger partial charge is 0.444 e. The summed E-state index contributed by atoms with van der Waals surface area (Å²) in [5.41, 5.74) is -0.411. The van der Waals surface area contributed by atoms with E-state index in [2.05, 4.69) is 24.0 Å². The molecule has 2 aliphatic heterocycles. The zero-order chi connectivity index (χ0) is 15.5. The molecule has 2 heterocycles. The maximum Gasteiger partial charge on any atom is 0.410 e. The Bertz CT molecular complexity index is 357. The normalized spacial score (nSPS) is 30.5. The molecule has 4 nitrogen and oxygen atoms in total. The van der Waals surface area contributed by atoms with Gasteiger partial charge in [0.2, 0.25) is 0 Å². The highest BCUT2D eigenvalue weighted by Gasteiger charge is 2.33. The quantitative estimate of drug-likeness (QED) is 0.868. The van der Waals surface area contributed by atoms with Gasteiger partial charge in [0.1, 0.15) is 5.60 Å². The van der Waals surface area contributed by atoms with Gasteiger partial charge in [-0.05, 0) is 52.2 Å². The smallest absolute Gasteiger partial charge is 0.410 e. The average Bonchev–Trinajstić information content (AvgIpc) is 2.84. The van der Waals surface area contributed by atoms with Crippen molar-refractivity contribution >= 4 is 17.9 Å². The number of nitrogens with one attached hydrogen (secondary N) is 1. The van der Waals surface area contributed by atoms with E-state index in [-0.39, 0.29) is 6.09 Å². The van der Waals surface area contributed by atoms with E-state index in [1.807, 2.05) is 25.7 Å². The molecule has 2 rings (SSSR count). The summed E-state index contributed by atoms with van der Waals surface area (Å²) >= 11 is 2.06. The summed E-state index contributed by atoms with van der Waals surface area (Å²) in [5, 5.41) is 4.37. The minimum Gasteiger partial charge on any atom is -0.444 e. The van der Waals surface area contributed by atoms with Gasteiger partial charge in [-0.3, -0.25) is 0 Å². The SMILES string of the molecule is CC1SCCCC1NCC1CCCN1C(=O)OC(C)(C)C. The van der Waals surface area contributed by atoms with E-state index in [4.69, 9.17) is 4.74 Å². The molecule has 0 radical (unpaired) electrons. The molecule has 0 aromatic carbocycles. The molecule has 0 aromatic heterocycles. The van der Waals surface area contributed by atoms with Crippen LogP contribution in [0.4, 0.5) is 4.79 Å². The van der Waals surface area contributed by atoms with E-state index >= 15 is 0 Å². The second-order valence-corrected chi connectivity index (χ2v) is 8.69. The van der Waals surface area contributed by atoms with E-state index in [1.165, 1.54) is 18.6 Å². The maximum atomic E-state index is 12.3. The standard InChI is InChI=1S/C16H30N2O2S/c1-12-14(8-6-10-21-12)17-11-13-7-5-9-18(13)15(19)20-16(2,3)4/h12-14,17H,5-11H2,1-4H3. The number of likely N-dealkylation sites (tertiary alicyclic amines) is 1. The molecular formula is C16H30N2O2S. The number of carbonyl (C=O) groups excluding carboxylic acids is 1. The lowest BCUT2D eigenvalue weighted by Crippen LogP contribution is -2.48. The van der Waals surface area contributed by atoms with E-state index in [0.717, 1.165) is 25.9 Å². The van der Waals surface area contributed by atoms with Gasteiger partial charge in [-0.1, -0.05) is 6.92 Å². The van der Waals surface area contributed by atoms with E-state index < -0.39 is 5.60 Å². The predicted octanol–water partition coefficient (Wildman–Crippen LogP) is 3.26. The fourth-order valence-electron chi connectivity index (χ4n) is 3.09. The van der Waals surface area contributed by atoms with Gasteiger partial charge in [0.15, 0.2) is 0 Å². The first-order valence-corrected chi connectivity index (χ1v) is 9.26. The van der Waals surface area contributed by atoms with Crippen molar-refractivity contribution < 1.29 is 9.53 Å². The Morgan fingerprint density at radius 1 is 1.33 bits per heavy atom. The van der Waals surface area contributed by atoms with Crippen molar-refractivity contribution in [2.75, 3.05) is 18.8 Å². The summed E-state index contributed by atoms with van der Waals surface area (Å²) in [4.78, 5) is 14.2. The number of thioether (sulfide) groups is 1. The summed E-state index contributed by atoms with van der Waals surface area (Å²) in [5.74, 6) is 1.28. The molecule has 21 heavy (non-hydrogen) atoms. The first kappa shape index (κ1) is 16.9. The summed E-state index contributed by atoms with van der Waals surface area (Å²) in [7, 11) is 0. The van der Waals surface area contributed by atoms with Crippen LogP contribution >= 0.6 is 11.8 Å². The van der Waals surface area contributed by atoms with Crippen LogP contribution in [0.5, 0.6) is 0 Å². The highest BCUT2D eigenvalue weighted by atomic mass is 32.2. The Morgan fingerprint density at radius 2 is 2.10 bits per heavy atom. The third-order valence-corrected chi connectivity index (χ3v) is 5.61. The van der Waals surface area contributed by atoms with Crippen LogP contribution in [0.15, 0.2) is 0 Å². The molecule has 2 saturated heterocycles. The van der Waals surface area contributed by atoms with Gasteiger partial charge in [-0.15, -0.1) is 0 Å². The Kier molecular flexibility index (Phi) is 5.83. The van der Waals surface area contributed by atoms with Crippen molar-refractivity contribution in [2.45, 2.75) is 76.3 Å². The van der Waals surface area contributed by atoms with Gasteiger partial charge in [0, 0.05) is 30.4 Å². The van der Waals surface area contributed by atoms with Gasteiger partial charge in [0.25, 0.3) is 0 Å². The number of rotatable bonds is 3. The van der Waals surface area contributed by atoms with Crippen LogP contribution < -0.4 is 5.32 Å². The average molecular weight is 314 g/mol. The van der Waals surface area contributed by atoms with E-state index in [1.54, 1.807) is 0 Å². The Morgan fingerprint density at radius 3 is 2.76 bits per heavy atom. The lowest BCUT2D eigenvalue weighted by molar-refractivity contribution is 0.0224. The number of amides is 1. The zero-order valence-corrected chi connectivity index (χ0v) is 14.7. The first-order valence-electron chi connectivity index (χ1n) is 8.21. The van der Waals surface area contributed by atoms with Gasteiger partial charge in [-0.2, -0.15) is 11.8 Å². The molecule has 3 atom stereocenters. The molecule has 5 heteroatoms. The number of nitrogens with zero attached hydrogens (tertiary/aromatic N) is 1. The van der Waals surface area contributed by atoms with Crippen molar-refractivity contribution in [3.05, 3.63) is 0 Å². The van der Waals surface area contributed by atoms with Crippen LogP contribution in [0, 0.1) is 0 Å². The first-order chi connectivity index (χ1) is 9.87. The molecule has 0 bridgehead atoms. The minimum absolute atomic E-state index is 0.155. The van der Waals surface area contributed by atoms with Crippen LogP contribution in [0.2, 0.25) is 0 Å². The van der Waals surface area contributed by atoms with Crippen molar-refractivity contribution in [3.63, 3.8) is 0 Å². The fraction of sp³-hybridized carbons (Fsp3) is 0.938. The number of carbonyl (C=O) groups is 1. The maximum absolute atomic E-state index is 12.3. The molecule has 2 aliphatic rings. The highest BCUT2D eigenvalue weighted by Crippen LogP contribution is 2.26.